The third-order valence-corrected chi connectivity index (χ3v) is 3.85. The SMILES string of the molecule is CCCCNC(=O)/C(=C/c1ccccc1F)NC(=O)c1ccc([N+](=O)[O-])cc1. The highest BCUT2D eigenvalue weighted by molar-refractivity contribution is 6.05. The lowest BCUT2D eigenvalue weighted by Gasteiger charge is -2.11. The molecule has 0 saturated carbocycles. The van der Waals surface area contributed by atoms with Gasteiger partial charge in [-0.15, -0.1) is 0 Å². The molecule has 0 aliphatic carbocycles. The Hall–Kier alpha value is -3.55. The molecular weight excluding hydrogens is 365 g/mol. The highest BCUT2D eigenvalue weighted by Gasteiger charge is 2.16. The lowest BCUT2D eigenvalue weighted by atomic mass is 10.1. The first-order valence-electron chi connectivity index (χ1n) is 8.72. The second-order valence-electron chi connectivity index (χ2n) is 5.95. The molecule has 2 aromatic rings. The van der Waals surface area contributed by atoms with Crippen molar-refractivity contribution >= 4 is 23.6 Å². The number of nitro benzene ring substituents is 1. The minimum Gasteiger partial charge on any atom is -0.351 e. The molecule has 28 heavy (non-hydrogen) atoms. The second-order valence-corrected chi connectivity index (χ2v) is 5.95. The number of benzene rings is 2. The van der Waals surface area contributed by atoms with Crippen molar-refractivity contribution in [2.45, 2.75) is 19.8 Å². The molecule has 0 heterocycles. The van der Waals surface area contributed by atoms with Crippen LogP contribution in [0.1, 0.15) is 35.7 Å². The van der Waals surface area contributed by atoms with Gasteiger partial charge >= 0.3 is 0 Å². The summed E-state index contributed by atoms with van der Waals surface area (Å²) < 4.78 is 13.9. The third kappa shape index (κ3) is 5.73. The first-order valence-corrected chi connectivity index (χ1v) is 8.72. The van der Waals surface area contributed by atoms with Crippen LogP contribution in [0, 0.1) is 15.9 Å². The standard InChI is InChI=1S/C20H20FN3O4/c1-2-3-12-22-20(26)18(13-15-6-4-5-7-17(15)21)23-19(25)14-8-10-16(11-9-14)24(27)28/h4-11,13H,2-3,12H2,1H3,(H,22,26)(H,23,25)/b18-13-. The van der Waals surface area contributed by atoms with Crippen LogP contribution in [0.2, 0.25) is 0 Å². The van der Waals surface area contributed by atoms with E-state index in [4.69, 9.17) is 0 Å². The van der Waals surface area contributed by atoms with E-state index in [1.165, 1.54) is 48.5 Å². The molecule has 0 aromatic heterocycles. The van der Waals surface area contributed by atoms with Gasteiger partial charge in [0.1, 0.15) is 11.5 Å². The molecule has 8 heteroatoms. The van der Waals surface area contributed by atoms with Crippen molar-refractivity contribution in [3.8, 4) is 0 Å². The lowest BCUT2D eigenvalue weighted by molar-refractivity contribution is -0.384. The molecule has 0 atom stereocenters. The van der Waals surface area contributed by atoms with Gasteiger partial charge in [-0.1, -0.05) is 31.5 Å². The van der Waals surface area contributed by atoms with Gasteiger partial charge in [-0.25, -0.2) is 4.39 Å². The molecule has 0 saturated heterocycles. The number of rotatable bonds is 8. The van der Waals surface area contributed by atoms with Gasteiger partial charge in [0.05, 0.1) is 4.92 Å². The number of nitrogens with zero attached hydrogens (tertiary/aromatic N) is 1. The van der Waals surface area contributed by atoms with Crippen LogP contribution < -0.4 is 10.6 Å². The number of carbonyl (C=O) groups excluding carboxylic acids is 2. The Bertz CT molecular complexity index is 895. The fourth-order valence-electron chi connectivity index (χ4n) is 2.31. The van der Waals surface area contributed by atoms with Gasteiger partial charge in [0.2, 0.25) is 0 Å². The summed E-state index contributed by atoms with van der Waals surface area (Å²) in [6.07, 6.45) is 2.89. The molecule has 0 fully saturated rings. The summed E-state index contributed by atoms with van der Waals surface area (Å²) >= 11 is 0. The second kappa shape index (κ2) is 9.96. The van der Waals surface area contributed by atoms with Gasteiger partial charge in [0.25, 0.3) is 17.5 Å². The molecule has 7 nitrogen and oxygen atoms in total. The number of hydrogen-bond acceptors (Lipinski definition) is 4. The number of nitro groups is 1. The maximum atomic E-state index is 13.9. The fraction of sp³-hybridized carbons (Fsp3) is 0.200. The van der Waals surface area contributed by atoms with Crippen LogP contribution in [0.5, 0.6) is 0 Å². The average Bonchev–Trinajstić information content (AvgIpc) is 2.69. The van der Waals surface area contributed by atoms with Gasteiger partial charge in [0, 0.05) is 29.8 Å². The number of unbranched alkanes of at least 4 members (excludes halogenated alkanes) is 1. The van der Waals surface area contributed by atoms with E-state index in [0.717, 1.165) is 12.8 Å². The highest BCUT2D eigenvalue weighted by Crippen LogP contribution is 2.14. The first kappa shape index (κ1) is 20.8. The molecule has 2 rings (SSSR count). The zero-order chi connectivity index (χ0) is 20.5. The quantitative estimate of drug-likeness (QED) is 0.315. The van der Waals surface area contributed by atoms with Crippen molar-refractivity contribution in [3.05, 3.63) is 81.3 Å². The zero-order valence-corrected chi connectivity index (χ0v) is 15.3. The van der Waals surface area contributed by atoms with Crippen LogP contribution >= 0.6 is 0 Å². The Labute approximate surface area is 161 Å². The van der Waals surface area contributed by atoms with Gasteiger partial charge in [-0.2, -0.15) is 0 Å². The van der Waals surface area contributed by atoms with Crippen LogP contribution in [0.3, 0.4) is 0 Å². The van der Waals surface area contributed by atoms with E-state index in [2.05, 4.69) is 10.6 Å². The summed E-state index contributed by atoms with van der Waals surface area (Å²) in [6.45, 7) is 2.38. The van der Waals surface area contributed by atoms with Crippen molar-refractivity contribution in [1.82, 2.24) is 10.6 Å². The largest absolute Gasteiger partial charge is 0.351 e. The molecule has 2 amide bonds. The van der Waals surface area contributed by atoms with Crippen LogP contribution in [-0.4, -0.2) is 23.3 Å². The van der Waals surface area contributed by atoms with Crippen molar-refractivity contribution in [1.29, 1.82) is 0 Å². The monoisotopic (exact) mass is 385 g/mol. The number of amides is 2. The Balaban J connectivity index is 2.25. The summed E-state index contributed by atoms with van der Waals surface area (Å²) in [7, 11) is 0. The minimum atomic E-state index is -0.636. The van der Waals surface area contributed by atoms with Gasteiger partial charge in [-0.05, 0) is 30.7 Å². The van der Waals surface area contributed by atoms with Crippen molar-refractivity contribution in [2.24, 2.45) is 0 Å². The number of nitrogens with one attached hydrogen (secondary N) is 2. The number of non-ortho nitro benzene ring substituents is 1. The van der Waals surface area contributed by atoms with E-state index in [1.54, 1.807) is 6.07 Å². The van der Waals surface area contributed by atoms with E-state index >= 15 is 0 Å². The number of carbonyl (C=O) groups is 2. The molecule has 0 spiro atoms. The van der Waals surface area contributed by atoms with Crippen molar-refractivity contribution in [2.75, 3.05) is 6.54 Å². The van der Waals surface area contributed by atoms with Crippen molar-refractivity contribution in [3.63, 3.8) is 0 Å². The molecular formula is C20H20FN3O4. The molecule has 2 N–H and O–H groups in total. The molecule has 0 unspecified atom stereocenters. The Kier molecular flexibility index (Phi) is 7.38. The predicted molar refractivity (Wildman–Crippen MR) is 103 cm³/mol. The van der Waals surface area contributed by atoms with Crippen LogP contribution in [-0.2, 0) is 4.79 Å². The Morgan fingerprint density at radius 2 is 1.82 bits per heavy atom. The summed E-state index contributed by atoms with van der Waals surface area (Å²) in [4.78, 5) is 35.0. The summed E-state index contributed by atoms with van der Waals surface area (Å²) in [5, 5.41) is 15.8. The third-order valence-electron chi connectivity index (χ3n) is 3.85. The number of halogens is 1. The fourth-order valence-corrected chi connectivity index (χ4v) is 2.31. The number of hydrogen-bond donors (Lipinski definition) is 2. The average molecular weight is 385 g/mol. The molecule has 0 radical (unpaired) electrons. The van der Waals surface area contributed by atoms with Crippen molar-refractivity contribution < 1.29 is 18.9 Å². The normalized spacial score (nSPS) is 11.0. The summed E-state index contributed by atoms with van der Waals surface area (Å²) in [5.74, 6) is -1.72. The van der Waals surface area contributed by atoms with Gasteiger partial charge in [-0.3, -0.25) is 19.7 Å². The lowest BCUT2D eigenvalue weighted by Crippen LogP contribution is -2.35. The molecule has 0 aliphatic rings. The Morgan fingerprint density at radius 3 is 2.43 bits per heavy atom. The highest BCUT2D eigenvalue weighted by atomic mass is 19.1. The van der Waals surface area contributed by atoms with E-state index in [-0.39, 0.29) is 22.5 Å². The van der Waals surface area contributed by atoms with Crippen LogP contribution in [0.25, 0.3) is 6.08 Å². The van der Waals surface area contributed by atoms with Gasteiger partial charge in [0.15, 0.2) is 0 Å². The van der Waals surface area contributed by atoms with E-state index < -0.39 is 22.6 Å². The molecule has 0 aliphatic heterocycles. The zero-order valence-electron chi connectivity index (χ0n) is 15.3. The van der Waals surface area contributed by atoms with E-state index in [9.17, 15) is 24.1 Å². The molecule has 2 aromatic carbocycles. The molecule has 146 valence electrons. The van der Waals surface area contributed by atoms with Crippen LogP contribution in [0.4, 0.5) is 10.1 Å². The smallest absolute Gasteiger partial charge is 0.269 e. The summed E-state index contributed by atoms with van der Waals surface area (Å²) in [6, 6.07) is 10.8. The maximum absolute atomic E-state index is 13.9. The molecule has 0 bridgehead atoms. The topological polar surface area (TPSA) is 101 Å². The predicted octanol–water partition coefficient (Wildman–Crippen LogP) is 3.42. The van der Waals surface area contributed by atoms with E-state index in [1.807, 2.05) is 6.92 Å². The minimum absolute atomic E-state index is 0.121. The van der Waals surface area contributed by atoms with Gasteiger partial charge < -0.3 is 10.6 Å². The maximum Gasteiger partial charge on any atom is 0.269 e. The van der Waals surface area contributed by atoms with Crippen LogP contribution in [0.15, 0.2) is 54.2 Å². The summed E-state index contributed by atoms with van der Waals surface area (Å²) in [5.41, 5.74) is -0.000862. The first-order chi connectivity index (χ1) is 13.4. The van der Waals surface area contributed by atoms with E-state index in [0.29, 0.717) is 6.54 Å². The Morgan fingerprint density at radius 1 is 1.14 bits per heavy atom.